The minimum Gasteiger partial charge on any atom is -0.395 e. The highest BCUT2D eigenvalue weighted by molar-refractivity contribution is 5.78. The molecule has 0 saturated carbocycles. The Balaban J connectivity index is 1.59. The number of piperidine rings is 2. The van der Waals surface area contributed by atoms with E-state index in [1.165, 1.54) is 5.69 Å². The number of carbonyl (C=O) groups is 2. The fraction of sp³-hybridized carbons (Fsp3) is 0.684. The third-order valence-electron chi connectivity index (χ3n) is 5.78. The zero-order chi connectivity index (χ0) is 17.9. The molecule has 0 aromatic carbocycles. The SMILES string of the molecule is Cn1cccc1CCC(=O)N1CCC[C@]2(CCC(=O)N(CCO)C2)C1. The number of nitrogens with zero attached hydrogens (tertiary/aromatic N) is 3. The fourth-order valence-corrected chi connectivity index (χ4v) is 4.33. The average molecular weight is 347 g/mol. The first-order valence-electron chi connectivity index (χ1n) is 9.30. The van der Waals surface area contributed by atoms with E-state index in [4.69, 9.17) is 0 Å². The Morgan fingerprint density at radius 2 is 2.16 bits per heavy atom. The molecule has 0 bridgehead atoms. The summed E-state index contributed by atoms with van der Waals surface area (Å²) in [5, 5.41) is 9.19. The van der Waals surface area contributed by atoms with Crippen LogP contribution >= 0.6 is 0 Å². The molecule has 3 rings (SSSR count). The molecule has 1 aromatic rings. The van der Waals surface area contributed by atoms with Crippen molar-refractivity contribution in [3.05, 3.63) is 24.0 Å². The van der Waals surface area contributed by atoms with Gasteiger partial charge in [0.05, 0.1) is 6.61 Å². The molecule has 1 aromatic heterocycles. The Hall–Kier alpha value is -1.82. The quantitative estimate of drug-likeness (QED) is 0.870. The Kier molecular flexibility index (Phi) is 5.47. The maximum absolute atomic E-state index is 12.7. The van der Waals surface area contributed by atoms with E-state index in [2.05, 4.69) is 10.6 Å². The van der Waals surface area contributed by atoms with E-state index < -0.39 is 0 Å². The molecule has 6 nitrogen and oxygen atoms in total. The molecule has 2 aliphatic heterocycles. The minimum absolute atomic E-state index is 0.00112. The summed E-state index contributed by atoms with van der Waals surface area (Å²) in [6.45, 7) is 2.65. The molecule has 2 saturated heterocycles. The molecule has 1 spiro atoms. The topological polar surface area (TPSA) is 65.8 Å². The highest BCUT2D eigenvalue weighted by Crippen LogP contribution is 2.39. The van der Waals surface area contributed by atoms with Crippen LogP contribution in [0.1, 0.15) is 37.8 Å². The summed E-state index contributed by atoms with van der Waals surface area (Å²) >= 11 is 0. The van der Waals surface area contributed by atoms with Crippen molar-refractivity contribution < 1.29 is 14.7 Å². The first-order chi connectivity index (χ1) is 12.0. The van der Waals surface area contributed by atoms with Gasteiger partial charge in [-0.1, -0.05) is 0 Å². The van der Waals surface area contributed by atoms with Crippen LogP contribution in [0, 0.1) is 5.41 Å². The van der Waals surface area contributed by atoms with Crippen molar-refractivity contribution in [2.24, 2.45) is 12.5 Å². The molecular formula is C19H29N3O3. The summed E-state index contributed by atoms with van der Waals surface area (Å²) < 4.78 is 2.06. The summed E-state index contributed by atoms with van der Waals surface area (Å²) in [4.78, 5) is 28.5. The van der Waals surface area contributed by atoms with Gasteiger partial charge in [0.15, 0.2) is 0 Å². The largest absolute Gasteiger partial charge is 0.395 e. The van der Waals surface area contributed by atoms with Gasteiger partial charge in [-0.3, -0.25) is 9.59 Å². The van der Waals surface area contributed by atoms with Crippen LogP contribution in [-0.4, -0.2) is 64.1 Å². The normalized spacial score (nSPS) is 24.2. The van der Waals surface area contributed by atoms with Gasteiger partial charge in [-0.05, 0) is 37.8 Å². The van der Waals surface area contributed by atoms with Crippen LogP contribution in [0.25, 0.3) is 0 Å². The highest BCUT2D eigenvalue weighted by atomic mass is 16.3. The van der Waals surface area contributed by atoms with Crippen molar-refractivity contribution in [3.8, 4) is 0 Å². The van der Waals surface area contributed by atoms with Crippen molar-refractivity contribution in [2.45, 2.75) is 38.5 Å². The van der Waals surface area contributed by atoms with E-state index in [1.54, 1.807) is 4.90 Å². The fourth-order valence-electron chi connectivity index (χ4n) is 4.33. The molecule has 0 aliphatic carbocycles. The molecule has 2 fully saturated rings. The number of β-amino-alcohol motifs (C(OH)–C–C–N with tert-alkyl or cyclic N) is 1. The summed E-state index contributed by atoms with van der Waals surface area (Å²) in [6.07, 6.45) is 6.75. The summed E-state index contributed by atoms with van der Waals surface area (Å²) in [5.41, 5.74) is 1.19. The molecule has 2 aliphatic rings. The predicted octanol–water partition coefficient (Wildman–Crippen LogP) is 1.18. The first-order valence-corrected chi connectivity index (χ1v) is 9.30. The van der Waals surface area contributed by atoms with E-state index in [0.29, 0.717) is 25.9 Å². The van der Waals surface area contributed by atoms with Gasteiger partial charge in [-0.15, -0.1) is 0 Å². The summed E-state index contributed by atoms with van der Waals surface area (Å²) in [5.74, 6) is 0.345. The van der Waals surface area contributed by atoms with E-state index in [-0.39, 0.29) is 23.8 Å². The van der Waals surface area contributed by atoms with E-state index in [1.807, 2.05) is 24.2 Å². The first kappa shape index (κ1) is 18.0. The molecule has 0 unspecified atom stereocenters. The standard InChI is InChI=1S/C19H29N3O3/c1-20-10-2-4-16(20)5-6-17(24)21-11-3-8-19(14-21)9-7-18(25)22(15-19)12-13-23/h2,4,10,23H,3,5-9,11-15H2,1H3/t19-/m0/s1. The van der Waals surface area contributed by atoms with Gasteiger partial charge in [-0.25, -0.2) is 0 Å². The minimum atomic E-state index is 0.00112. The lowest BCUT2D eigenvalue weighted by Crippen LogP contribution is -2.55. The van der Waals surface area contributed by atoms with Gasteiger partial charge in [0.1, 0.15) is 0 Å². The smallest absolute Gasteiger partial charge is 0.222 e. The second kappa shape index (κ2) is 7.60. The summed E-state index contributed by atoms with van der Waals surface area (Å²) in [6, 6.07) is 4.06. The van der Waals surface area contributed by atoms with Gasteiger partial charge in [0.2, 0.25) is 11.8 Å². The molecule has 138 valence electrons. The number of carbonyl (C=O) groups excluding carboxylic acids is 2. The highest BCUT2D eigenvalue weighted by Gasteiger charge is 2.42. The number of aromatic nitrogens is 1. The number of aryl methyl sites for hydroxylation is 2. The molecule has 25 heavy (non-hydrogen) atoms. The maximum atomic E-state index is 12.7. The lowest BCUT2D eigenvalue weighted by molar-refractivity contribution is -0.143. The Morgan fingerprint density at radius 3 is 2.88 bits per heavy atom. The van der Waals surface area contributed by atoms with E-state index in [9.17, 15) is 14.7 Å². The zero-order valence-corrected chi connectivity index (χ0v) is 15.1. The number of hydrogen-bond acceptors (Lipinski definition) is 3. The molecule has 1 atom stereocenters. The van der Waals surface area contributed by atoms with Crippen LogP contribution in [0.5, 0.6) is 0 Å². The Morgan fingerprint density at radius 1 is 1.32 bits per heavy atom. The van der Waals surface area contributed by atoms with Gasteiger partial charge >= 0.3 is 0 Å². The van der Waals surface area contributed by atoms with Gasteiger partial charge in [0, 0.05) is 63.4 Å². The van der Waals surface area contributed by atoms with Crippen LogP contribution in [0.15, 0.2) is 18.3 Å². The van der Waals surface area contributed by atoms with E-state index in [0.717, 1.165) is 38.8 Å². The third kappa shape index (κ3) is 4.06. The zero-order valence-electron chi connectivity index (χ0n) is 15.1. The van der Waals surface area contributed by atoms with Gasteiger partial charge in [0.25, 0.3) is 0 Å². The van der Waals surface area contributed by atoms with E-state index >= 15 is 0 Å². The lowest BCUT2D eigenvalue weighted by Gasteiger charge is -2.48. The molecule has 3 heterocycles. The second-order valence-corrected chi connectivity index (χ2v) is 7.57. The second-order valence-electron chi connectivity index (χ2n) is 7.57. The number of likely N-dealkylation sites (tertiary alicyclic amines) is 2. The molecule has 2 amide bonds. The van der Waals surface area contributed by atoms with Crippen LogP contribution in [0.3, 0.4) is 0 Å². The van der Waals surface area contributed by atoms with Gasteiger partial charge < -0.3 is 19.5 Å². The lowest BCUT2D eigenvalue weighted by atomic mass is 9.73. The summed E-state index contributed by atoms with van der Waals surface area (Å²) in [7, 11) is 2.00. The van der Waals surface area contributed by atoms with Gasteiger partial charge in [-0.2, -0.15) is 0 Å². The average Bonchev–Trinajstić information content (AvgIpc) is 3.02. The van der Waals surface area contributed by atoms with Crippen LogP contribution in [0.2, 0.25) is 0 Å². The number of aliphatic hydroxyl groups excluding tert-OH is 1. The van der Waals surface area contributed by atoms with Crippen LogP contribution in [0.4, 0.5) is 0 Å². The Labute approximate surface area is 149 Å². The molecule has 1 N–H and O–H groups in total. The van der Waals surface area contributed by atoms with Crippen molar-refractivity contribution in [2.75, 3.05) is 32.8 Å². The predicted molar refractivity (Wildman–Crippen MR) is 94.9 cm³/mol. The number of rotatable bonds is 5. The van der Waals surface area contributed by atoms with Crippen molar-refractivity contribution in [1.82, 2.24) is 14.4 Å². The molecule has 6 heteroatoms. The Bertz CT molecular complexity index is 627. The molecule has 0 radical (unpaired) electrons. The van der Waals surface area contributed by atoms with Crippen LogP contribution < -0.4 is 0 Å². The van der Waals surface area contributed by atoms with Crippen molar-refractivity contribution in [1.29, 1.82) is 0 Å². The maximum Gasteiger partial charge on any atom is 0.222 e. The monoisotopic (exact) mass is 347 g/mol. The van der Waals surface area contributed by atoms with Crippen molar-refractivity contribution >= 4 is 11.8 Å². The number of hydrogen-bond donors (Lipinski definition) is 1. The number of aliphatic hydroxyl groups is 1. The third-order valence-corrected chi connectivity index (χ3v) is 5.78. The molecular weight excluding hydrogens is 318 g/mol. The number of amides is 2. The van der Waals surface area contributed by atoms with Crippen molar-refractivity contribution in [3.63, 3.8) is 0 Å². The van der Waals surface area contributed by atoms with Crippen LogP contribution in [-0.2, 0) is 23.1 Å².